The van der Waals surface area contributed by atoms with Crippen molar-refractivity contribution in [3.8, 4) is 0 Å². The van der Waals surface area contributed by atoms with Crippen molar-refractivity contribution in [1.29, 1.82) is 0 Å². The number of ether oxygens (including phenoxy) is 2. The lowest BCUT2D eigenvalue weighted by Gasteiger charge is -2.18. The van der Waals surface area contributed by atoms with Crippen LogP contribution < -0.4 is 0 Å². The molecule has 0 aromatic rings. The zero-order valence-electron chi connectivity index (χ0n) is 5.88. The molecule has 10 heavy (non-hydrogen) atoms. The predicted octanol–water partition coefficient (Wildman–Crippen LogP) is 0.645. The van der Waals surface area contributed by atoms with Gasteiger partial charge in [-0.1, -0.05) is 6.58 Å². The fraction of sp³-hybridized carbons (Fsp3) is 0.714. The van der Waals surface area contributed by atoms with E-state index in [2.05, 4.69) is 6.58 Å². The number of rotatable bonds is 0. The molecule has 1 fully saturated rings. The summed E-state index contributed by atoms with van der Waals surface area (Å²) in [6.07, 6.45) is 0.969. The van der Waals surface area contributed by atoms with Gasteiger partial charge in [-0.05, 0) is 12.8 Å². The van der Waals surface area contributed by atoms with Crippen molar-refractivity contribution in [2.24, 2.45) is 0 Å². The van der Waals surface area contributed by atoms with Gasteiger partial charge in [0.25, 0.3) is 0 Å². The summed E-state index contributed by atoms with van der Waals surface area (Å²) in [5.74, 6) is 0.319. The molecule has 3 heteroatoms. The number of aliphatic hydroxyl groups is 1. The first-order valence-corrected chi connectivity index (χ1v) is 3.42. The molecule has 1 heterocycles. The monoisotopic (exact) mass is 144 g/mol. The van der Waals surface area contributed by atoms with Gasteiger partial charge < -0.3 is 14.6 Å². The molecule has 0 bridgehead atoms. The van der Waals surface area contributed by atoms with Crippen LogP contribution in [0.25, 0.3) is 0 Å². The maximum atomic E-state index is 9.04. The molecule has 1 aliphatic heterocycles. The van der Waals surface area contributed by atoms with Gasteiger partial charge in [-0.3, -0.25) is 0 Å². The van der Waals surface area contributed by atoms with Gasteiger partial charge in [-0.2, -0.15) is 0 Å². The van der Waals surface area contributed by atoms with Gasteiger partial charge in [-0.25, -0.2) is 0 Å². The van der Waals surface area contributed by atoms with E-state index in [9.17, 15) is 0 Å². The Bertz CT molecular complexity index is 122. The van der Waals surface area contributed by atoms with Crippen LogP contribution in [0.1, 0.15) is 12.8 Å². The summed E-state index contributed by atoms with van der Waals surface area (Å²) in [5.41, 5.74) is 0. The standard InChI is InChI=1S/C7H12O3/c1-6-7(8)10-5-3-2-4-9-6/h7-8H,1-5H2. The number of hydrogen-bond acceptors (Lipinski definition) is 3. The fourth-order valence-corrected chi connectivity index (χ4v) is 0.767. The van der Waals surface area contributed by atoms with Crippen LogP contribution in [0, 0.1) is 0 Å². The molecule has 1 rings (SSSR count). The van der Waals surface area contributed by atoms with E-state index >= 15 is 0 Å². The van der Waals surface area contributed by atoms with Crippen LogP contribution in [-0.2, 0) is 9.47 Å². The molecule has 0 aromatic carbocycles. The van der Waals surface area contributed by atoms with Crippen molar-refractivity contribution < 1.29 is 14.6 Å². The smallest absolute Gasteiger partial charge is 0.213 e. The Hall–Kier alpha value is -0.540. The number of hydrogen-bond donors (Lipinski definition) is 1. The SMILES string of the molecule is C=C1OCCCCOC1O. The van der Waals surface area contributed by atoms with Gasteiger partial charge in [0, 0.05) is 0 Å². The highest BCUT2D eigenvalue weighted by Gasteiger charge is 2.11. The zero-order valence-corrected chi connectivity index (χ0v) is 5.88. The molecule has 1 N–H and O–H groups in total. The predicted molar refractivity (Wildman–Crippen MR) is 36.3 cm³/mol. The van der Waals surface area contributed by atoms with E-state index in [4.69, 9.17) is 14.6 Å². The summed E-state index contributed by atoms with van der Waals surface area (Å²) >= 11 is 0. The Morgan fingerprint density at radius 2 is 2.10 bits per heavy atom. The van der Waals surface area contributed by atoms with E-state index in [1.165, 1.54) is 0 Å². The van der Waals surface area contributed by atoms with Crippen LogP contribution in [0.4, 0.5) is 0 Å². The minimum Gasteiger partial charge on any atom is -0.493 e. The van der Waals surface area contributed by atoms with Gasteiger partial charge in [0.2, 0.25) is 6.29 Å². The second-order valence-electron chi connectivity index (χ2n) is 2.25. The van der Waals surface area contributed by atoms with E-state index in [-0.39, 0.29) is 0 Å². The van der Waals surface area contributed by atoms with E-state index in [0.29, 0.717) is 19.0 Å². The highest BCUT2D eigenvalue weighted by Crippen LogP contribution is 2.08. The first kappa shape index (κ1) is 7.57. The average Bonchev–Trinajstić information content (AvgIpc) is 1.92. The molecule has 0 radical (unpaired) electrons. The second-order valence-corrected chi connectivity index (χ2v) is 2.25. The van der Waals surface area contributed by atoms with Crippen LogP contribution in [-0.4, -0.2) is 24.6 Å². The Kier molecular flexibility index (Phi) is 2.71. The van der Waals surface area contributed by atoms with Gasteiger partial charge in [0.05, 0.1) is 13.2 Å². The summed E-state index contributed by atoms with van der Waals surface area (Å²) in [6, 6.07) is 0. The molecule has 58 valence electrons. The van der Waals surface area contributed by atoms with Gasteiger partial charge in [0.15, 0.2) is 0 Å². The van der Waals surface area contributed by atoms with Crippen molar-refractivity contribution in [2.75, 3.05) is 13.2 Å². The van der Waals surface area contributed by atoms with E-state index in [0.717, 1.165) is 12.8 Å². The van der Waals surface area contributed by atoms with Gasteiger partial charge in [0.1, 0.15) is 5.76 Å². The van der Waals surface area contributed by atoms with Crippen molar-refractivity contribution in [2.45, 2.75) is 19.1 Å². The first-order valence-electron chi connectivity index (χ1n) is 3.42. The lowest BCUT2D eigenvalue weighted by molar-refractivity contribution is -0.112. The Morgan fingerprint density at radius 1 is 1.40 bits per heavy atom. The first-order chi connectivity index (χ1) is 4.80. The van der Waals surface area contributed by atoms with Gasteiger partial charge in [-0.15, -0.1) is 0 Å². The molecule has 0 aliphatic carbocycles. The largest absolute Gasteiger partial charge is 0.493 e. The van der Waals surface area contributed by atoms with Crippen LogP contribution in [0.15, 0.2) is 12.3 Å². The third-order valence-corrected chi connectivity index (χ3v) is 1.38. The summed E-state index contributed by atoms with van der Waals surface area (Å²) in [5, 5.41) is 9.04. The molecule has 0 saturated carbocycles. The minimum absolute atomic E-state index is 0.319. The topological polar surface area (TPSA) is 38.7 Å². The molecule has 1 atom stereocenters. The summed E-state index contributed by atoms with van der Waals surface area (Å²) < 4.78 is 9.95. The van der Waals surface area contributed by atoms with Crippen LogP contribution in [0.2, 0.25) is 0 Å². The molecule has 1 aliphatic rings. The Morgan fingerprint density at radius 3 is 2.90 bits per heavy atom. The van der Waals surface area contributed by atoms with E-state index in [1.807, 2.05) is 0 Å². The zero-order chi connectivity index (χ0) is 7.40. The van der Waals surface area contributed by atoms with Crippen LogP contribution >= 0.6 is 0 Å². The Labute approximate surface area is 60.3 Å². The van der Waals surface area contributed by atoms with Crippen molar-refractivity contribution in [1.82, 2.24) is 0 Å². The third kappa shape index (κ3) is 2.01. The maximum absolute atomic E-state index is 9.04. The lowest BCUT2D eigenvalue weighted by Crippen LogP contribution is -2.20. The van der Waals surface area contributed by atoms with Gasteiger partial charge >= 0.3 is 0 Å². The summed E-state index contributed by atoms with van der Waals surface area (Å²) in [6.45, 7) is 4.72. The van der Waals surface area contributed by atoms with Crippen molar-refractivity contribution in [3.05, 3.63) is 12.3 Å². The maximum Gasteiger partial charge on any atom is 0.213 e. The average molecular weight is 144 g/mol. The molecule has 0 amide bonds. The molecular weight excluding hydrogens is 132 g/mol. The van der Waals surface area contributed by atoms with Crippen molar-refractivity contribution >= 4 is 0 Å². The second kappa shape index (κ2) is 3.58. The highest BCUT2D eigenvalue weighted by molar-refractivity contribution is 4.86. The lowest BCUT2D eigenvalue weighted by atomic mass is 10.3. The normalized spacial score (nSPS) is 28.5. The molecule has 0 spiro atoms. The Balaban J connectivity index is 2.35. The molecule has 1 saturated heterocycles. The summed E-state index contributed by atoms with van der Waals surface area (Å²) in [4.78, 5) is 0. The minimum atomic E-state index is -0.930. The molecule has 1 unspecified atom stereocenters. The molecule has 0 aromatic heterocycles. The van der Waals surface area contributed by atoms with E-state index in [1.54, 1.807) is 0 Å². The van der Waals surface area contributed by atoms with Crippen molar-refractivity contribution in [3.63, 3.8) is 0 Å². The number of aliphatic hydroxyl groups excluding tert-OH is 1. The third-order valence-electron chi connectivity index (χ3n) is 1.38. The molecular formula is C7H12O3. The highest BCUT2D eigenvalue weighted by atomic mass is 16.6. The fourth-order valence-electron chi connectivity index (χ4n) is 0.767. The molecule has 3 nitrogen and oxygen atoms in total. The quantitative estimate of drug-likeness (QED) is 0.542. The van der Waals surface area contributed by atoms with Crippen LogP contribution in [0.3, 0.4) is 0 Å². The van der Waals surface area contributed by atoms with E-state index < -0.39 is 6.29 Å². The summed E-state index contributed by atoms with van der Waals surface area (Å²) in [7, 11) is 0. The van der Waals surface area contributed by atoms with Crippen LogP contribution in [0.5, 0.6) is 0 Å².